The first-order valence-corrected chi connectivity index (χ1v) is 7.92. The van der Waals surface area contributed by atoms with Crippen molar-refractivity contribution in [3.05, 3.63) is 36.4 Å². The van der Waals surface area contributed by atoms with Crippen molar-refractivity contribution in [3.63, 3.8) is 0 Å². The maximum Gasteiger partial charge on any atom is 0.411 e. The summed E-state index contributed by atoms with van der Waals surface area (Å²) in [6.07, 6.45) is -1.75. The fraction of sp³-hybridized carbons (Fsp3) is 0.353. The normalized spacial score (nSPS) is 11.1. The molecule has 1 atom stereocenters. The van der Waals surface area contributed by atoms with Gasteiger partial charge in [0.15, 0.2) is 0 Å². The zero-order chi connectivity index (χ0) is 20.2. The molecule has 4 N–H and O–H groups in total. The van der Waals surface area contributed by atoms with Crippen molar-refractivity contribution in [1.82, 2.24) is 0 Å². The third-order valence-corrected chi connectivity index (χ3v) is 3.15. The van der Waals surface area contributed by atoms with Crippen LogP contribution in [0.4, 0.5) is 21.0 Å². The lowest BCUT2D eigenvalue weighted by Crippen LogP contribution is -2.24. The van der Waals surface area contributed by atoms with Gasteiger partial charge in [-0.2, -0.15) is 0 Å². The summed E-state index contributed by atoms with van der Waals surface area (Å²) in [5, 5.41) is 22.8. The second kappa shape index (κ2) is 11.5. The molecule has 0 aliphatic rings. The number of amides is 2. The number of aliphatic hydroxyl groups is 2. The SMILES string of the molecule is C=CC(=O)OCCOC(=O)Nc1cccc(NC(=O)OCC(O)CO)c1C. The minimum absolute atomic E-state index is 0.107. The molecular weight excluding hydrogens is 360 g/mol. The molecule has 0 aromatic heterocycles. The monoisotopic (exact) mass is 382 g/mol. The van der Waals surface area contributed by atoms with Crippen molar-refractivity contribution in [1.29, 1.82) is 0 Å². The molecule has 0 aliphatic heterocycles. The van der Waals surface area contributed by atoms with Crippen LogP contribution in [0.15, 0.2) is 30.9 Å². The Labute approximate surface area is 155 Å². The van der Waals surface area contributed by atoms with Gasteiger partial charge >= 0.3 is 18.2 Å². The first-order valence-electron chi connectivity index (χ1n) is 7.92. The van der Waals surface area contributed by atoms with Gasteiger partial charge < -0.3 is 24.4 Å². The van der Waals surface area contributed by atoms with Crippen molar-refractivity contribution in [3.8, 4) is 0 Å². The molecule has 2 amide bonds. The largest absolute Gasteiger partial charge is 0.459 e. The summed E-state index contributed by atoms with van der Waals surface area (Å²) in [4.78, 5) is 34.3. The molecule has 0 saturated heterocycles. The minimum atomic E-state index is -1.16. The number of hydrogen-bond donors (Lipinski definition) is 4. The van der Waals surface area contributed by atoms with E-state index in [1.165, 1.54) is 0 Å². The zero-order valence-corrected chi connectivity index (χ0v) is 14.8. The van der Waals surface area contributed by atoms with Crippen LogP contribution in [-0.4, -0.2) is 60.9 Å². The Kier molecular flexibility index (Phi) is 9.34. The number of esters is 1. The van der Waals surface area contributed by atoms with Gasteiger partial charge in [-0.1, -0.05) is 12.6 Å². The Morgan fingerprint density at radius 2 is 1.67 bits per heavy atom. The van der Waals surface area contributed by atoms with Crippen LogP contribution in [0.3, 0.4) is 0 Å². The molecule has 1 unspecified atom stereocenters. The fourth-order valence-corrected chi connectivity index (χ4v) is 1.76. The fourth-order valence-electron chi connectivity index (χ4n) is 1.76. The van der Waals surface area contributed by atoms with Gasteiger partial charge in [-0.25, -0.2) is 14.4 Å². The summed E-state index contributed by atoms with van der Waals surface area (Å²) in [6.45, 7) is 3.76. The predicted molar refractivity (Wildman–Crippen MR) is 95.4 cm³/mol. The molecular formula is C17H22N2O8. The van der Waals surface area contributed by atoms with Crippen LogP contribution in [0.5, 0.6) is 0 Å². The van der Waals surface area contributed by atoms with E-state index in [1.54, 1.807) is 25.1 Å². The standard InChI is InChI=1S/C17H22N2O8/c1-3-15(22)25-7-8-26-16(23)18-13-5-4-6-14(11(13)2)19-17(24)27-10-12(21)9-20/h3-6,12,20-21H,1,7-10H2,2H3,(H,18,23)(H,19,24). The smallest absolute Gasteiger partial charge is 0.411 e. The highest BCUT2D eigenvalue weighted by Gasteiger charge is 2.12. The molecule has 0 radical (unpaired) electrons. The predicted octanol–water partition coefficient (Wildman–Crippen LogP) is 1.17. The van der Waals surface area contributed by atoms with Crippen molar-refractivity contribution in [2.24, 2.45) is 0 Å². The molecule has 27 heavy (non-hydrogen) atoms. The van der Waals surface area contributed by atoms with Crippen LogP contribution in [0.2, 0.25) is 0 Å². The molecule has 148 valence electrons. The van der Waals surface area contributed by atoms with E-state index in [2.05, 4.69) is 21.9 Å². The number of carbonyl (C=O) groups is 3. The molecule has 0 saturated carbocycles. The van der Waals surface area contributed by atoms with Crippen LogP contribution in [0.25, 0.3) is 0 Å². The van der Waals surface area contributed by atoms with Gasteiger partial charge in [0.1, 0.15) is 25.9 Å². The van der Waals surface area contributed by atoms with E-state index in [9.17, 15) is 14.4 Å². The Hall–Kier alpha value is -3.11. The number of aliphatic hydroxyl groups excluding tert-OH is 2. The summed E-state index contributed by atoms with van der Waals surface area (Å²) < 4.78 is 14.3. The molecule has 1 rings (SSSR count). The van der Waals surface area contributed by atoms with Crippen molar-refractivity contribution in [2.75, 3.05) is 37.1 Å². The van der Waals surface area contributed by atoms with Gasteiger partial charge in [0.25, 0.3) is 0 Å². The Balaban J connectivity index is 2.54. The van der Waals surface area contributed by atoms with E-state index in [0.29, 0.717) is 16.9 Å². The van der Waals surface area contributed by atoms with Gasteiger partial charge in [0, 0.05) is 17.5 Å². The summed E-state index contributed by atoms with van der Waals surface area (Å²) in [6, 6.07) is 4.78. The molecule has 10 heteroatoms. The molecule has 10 nitrogen and oxygen atoms in total. The third kappa shape index (κ3) is 8.21. The second-order valence-corrected chi connectivity index (χ2v) is 5.17. The van der Waals surface area contributed by atoms with Crippen LogP contribution in [0, 0.1) is 6.92 Å². The molecule has 0 heterocycles. The number of benzene rings is 1. The number of carbonyl (C=O) groups excluding carboxylic acids is 3. The Bertz CT molecular complexity index is 677. The summed E-state index contributed by atoms with van der Waals surface area (Å²) in [5.41, 5.74) is 1.29. The third-order valence-electron chi connectivity index (χ3n) is 3.15. The van der Waals surface area contributed by atoms with Gasteiger partial charge in [-0.3, -0.25) is 10.6 Å². The first kappa shape index (κ1) is 21.9. The maximum atomic E-state index is 11.8. The topological polar surface area (TPSA) is 143 Å². The average Bonchev–Trinajstić information content (AvgIpc) is 2.66. The van der Waals surface area contributed by atoms with E-state index >= 15 is 0 Å². The summed E-state index contributed by atoms with van der Waals surface area (Å²) in [7, 11) is 0. The highest BCUT2D eigenvalue weighted by Crippen LogP contribution is 2.23. The number of rotatable bonds is 9. The lowest BCUT2D eigenvalue weighted by molar-refractivity contribution is -0.138. The van der Waals surface area contributed by atoms with Crippen molar-refractivity contribution in [2.45, 2.75) is 13.0 Å². The lowest BCUT2D eigenvalue weighted by atomic mass is 10.1. The van der Waals surface area contributed by atoms with Gasteiger partial charge in [0.05, 0.1) is 6.61 Å². The van der Waals surface area contributed by atoms with Gasteiger partial charge in [-0.05, 0) is 24.6 Å². The van der Waals surface area contributed by atoms with Crippen LogP contribution in [0.1, 0.15) is 5.56 Å². The maximum absolute atomic E-state index is 11.8. The summed E-state index contributed by atoms with van der Waals surface area (Å²) in [5.74, 6) is -0.618. The van der Waals surface area contributed by atoms with Crippen LogP contribution in [-0.2, 0) is 19.0 Å². The first-order chi connectivity index (χ1) is 12.9. The molecule has 0 aliphatic carbocycles. The molecule has 0 fully saturated rings. The van der Waals surface area contributed by atoms with Gasteiger partial charge in [0.2, 0.25) is 0 Å². The summed E-state index contributed by atoms with van der Waals surface area (Å²) >= 11 is 0. The minimum Gasteiger partial charge on any atom is -0.459 e. The van der Waals surface area contributed by atoms with Crippen molar-refractivity contribution < 1.29 is 38.8 Å². The molecule has 1 aromatic rings. The molecule has 0 bridgehead atoms. The number of anilines is 2. The Morgan fingerprint density at radius 3 is 2.22 bits per heavy atom. The quantitative estimate of drug-likeness (QED) is 0.216. The number of ether oxygens (including phenoxy) is 3. The molecule has 0 spiro atoms. The van der Waals surface area contributed by atoms with Crippen LogP contribution >= 0.6 is 0 Å². The van der Waals surface area contributed by atoms with Crippen molar-refractivity contribution >= 4 is 29.5 Å². The van der Waals surface area contributed by atoms with E-state index < -0.39 is 30.9 Å². The zero-order valence-electron chi connectivity index (χ0n) is 14.8. The van der Waals surface area contributed by atoms with Gasteiger partial charge in [-0.15, -0.1) is 0 Å². The highest BCUT2D eigenvalue weighted by atomic mass is 16.6. The van der Waals surface area contributed by atoms with E-state index in [4.69, 9.17) is 19.7 Å². The number of nitrogens with one attached hydrogen (secondary N) is 2. The second-order valence-electron chi connectivity index (χ2n) is 5.17. The van der Waals surface area contributed by atoms with E-state index in [-0.39, 0.29) is 19.8 Å². The highest BCUT2D eigenvalue weighted by molar-refractivity contribution is 5.91. The van der Waals surface area contributed by atoms with E-state index in [0.717, 1.165) is 6.08 Å². The average molecular weight is 382 g/mol. The van der Waals surface area contributed by atoms with E-state index in [1.807, 2.05) is 0 Å². The lowest BCUT2D eigenvalue weighted by Gasteiger charge is -2.14. The molecule has 1 aromatic carbocycles. The Morgan fingerprint density at radius 1 is 1.11 bits per heavy atom. The van der Waals surface area contributed by atoms with Crippen LogP contribution < -0.4 is 10.6 Å². The number of hydrogen-bond acceptors (Lipinski definition) is 8.